The Morgan fingerprint density at radius 2 is 2.33 bits per heavy atom. The maximum atomic E-state index is 6.08. The molecule has 0 bridgehead atoms. The zero-order chi connectivity index (χ0) is 12.5. The van der Waals surface area contributed by atoms with E-state index >= 15 is 0 Å². The number of aromatic nitrogens is 4. The van der Waals surface area contributed by atoms with Crippen LogP contribution in [0.25, 0.3) is 17.0 Å². The van der Waals surface area contributed by atoms with Crippen molar-refractivity contribution in [2.45, 2.75) is 18.7 Å². The summed E-state index contributed by atoms with van der Waals surface area (Å²) < 4.78 is 7.00. The lowest BCUT2D eigenvalue weighted by atomic mass is 10.2. The molecule has 0 aliphatic rings. The summed E-state index contributed by atoms with van der Waals surface area (Å²) in [6, 6.07) is 5.80. The van der Waals surface area contributed by atoms with Crippen LogP contribution in [0.5, 0.6) is 0 Å². The van der Waals surface area contributed by atoms with Crippen LogP contribution < -0.4 is 0 Å². The molecular formula is C12H11ClN4O. The summed E-state index contributed by atoms with van der Waals surface area (Å²) >= 11 is 6.08. The summed E-state index contributed by atoms with van der Waals surface area (Å²) in [5.74, 6) is 0.967. The molecule has 1 atom stereocenters. The monoisotopic (exact) mass is 262 g/mol. The predicted octanol–water partition coefficient (Wildman–Crippen LogP) is 3.07. The third-order valence-corrected chi connectivity index (χ3v) is 3.24. The van der Waals surface area contributed by atoms with E-state index in [1.165, 1.54) is 0 Å². The number of hydrogen-bond acceptors (Lipinski definition) is 4. The van der Waals surface area contributed by atoms with Gasteiger partial charge in [0.15, 0.2) is 5.82 Å². The molecule has 5 nitrogen and oxygen atoms in total. The minimum Gasteiger partial charge on any atom is -0.334 e. The lowest BCUT2D eigenvalue weighted by Gasteiger charge is -1.96. The Morgan fingerprint density at radius 3 is 3.17 bits per heavy atom. The second-order valence-electron chi connectivity index (χ2n) is 3.92. The van der Waals surface area contributed by atoms with Crippen molar-refractivity contribution in [1.82, 2.24) is 19.8 Å². The van der Waals surface area contributed by atoms with Gasteiger partial charge in [-0.1, -0.05) is 18.1 Å². The number of rotatable bonds is 3. The predicted molar refractivity (Wildman–Crippen MR) is 67.4 cm³/mol. The van der Waals surface area contributed by atoms with Gasteiger partial charge in [-0.25, -0.2) is 4.52 Å². The van der Waals surface area contributed by atoms with E-state index in [-0.39, 0.29) is 5.38 Å². The fraction of sp³-hybridized carbons (Fsp3) is 0.250. The highest BCUT2D eigenvalue weighted by Gasteiger charge is 2.17. The molecule has 0 aromatic carbocycles. The molecule has 0 saturated carbocycles. The molecule has 0 fully saturated rings. The first-order valence-corrected chi connectivity index (χ1v) is 6.13. The zero-order valence-electron chi connectivity index (χ0n) is 9.75. The van der Waals surface area contributed by atoms with Gasteiger partial charge >= 0.3 is 0 Å². The van der Waals surface area contributed by atoms with Crippen molar-refractivity contribution in [2.24, 2.45) is 0 Å². The van der Waals surface area contributed by atoms with Crippen molar-refractivity contribution in [1.29, 1.82) is 0 Å². The fourth-order valence-electron chi connectivity index (χ4n) is 1.75. The summed E-state index contributed by atoms with van der Waals surface area (Å²) in [6.07, 6.45) is 4.34. The molecule has 18 heavy (non-hydrogen) atoms. The Morgan fingerprint density at radius 1 is 1.44 bits per heavy atom. The molecule has 0 aliphatic heterocycles. The van der Waals surface area contributed by atoms with Gasteiger partial charge in [-0.05, 0) is 18.6 Å². The van der Waals surface area contributed by atoms with Gasteiger partial charge < -0.3 is 4.52 Å². The van der Waals surface area contributed by atoms with E-state index in [4.69, 9.17) is 16.1 Å². The van der Waals surface area contributed by atoms with Crippen LogP contribution in [0, 0.1) is 0 Å². The smallest absolute Gasteiger partial charge is 0.261 e. The molecular weight excluding hydrogens is 252 g/mol. The number of pyridine rings is 1. The second-order valence-corrected chi connectivity index (χ2v) is 4.45. The zero-order valence-corrected chi connectivity index (χ0v) is 10.5. The van der Waals surface area contributed by atoms with Crippen LogP contribution in [0.2, 0.25) is 0 Å². The second kappa shape index (κ2) is 4.42. The van der Waals surface area contributed by atoms with Crippen LogP contribution in [-0.4, -0.2) is 19.8 Å². The Balaban J connectivity index is 2.07. The lowest BCUT2D eigenvalue weighted by molar-refractivity contribution is 0.421. The molecule has 0 aliphatic carbocycles. The van der Waals surface area contributed by atoms with Gasteiger partial charge in [0.05, 0.1) is 22.7 Å². The highest BCUT2D eigenvalue weighted by molar-refractivity contribution is 6.20. The molecule has 0 radical (unpaired) electrons. The number of nitrogens with zero attached hydrogens (tertiary/aromatic N) is 4. The molecule has 3 aromatic rings. The average Bonchev–Trinajstić information content (AvgIpc) is 3.03. The van der Waals surface area contributed by atoms with E-state index in [1.807, 2.05) is 31.3 Å². The normalized spacial score (nSPS) is 13.0. The van der Waals surface area contributed by atoms with E-state index in [9.17, 15) is 0 Å². The molecule has 0 saturated heterocycles. The van der Waals surface area contributed by atoms with Gasteiger partial charge in [0.2, 0.25) is 0 Å². The van der Waals surface area contributed by atoms with Gasteiger partial charge in [-0.15, -0.1) is 11.6 Å². The van der Waals surface area contributed by atoms with E-state index in [2.05, 4.69) is 15.2 Å². The van der Waals surface area contributed by atoms with Gasteiger partial charge in [-0.3, -0.25) is 0 Å². The quantitative estimate of drug-likeness (QED) is 0.681. The number of alkyl halides is 1. The molecule has 1 unspecified atom stereocenters. The Bertz CT molecular complexity index is 675. The number of hydrogen-bond donors (Lipinski definition) is 0. The average molecular weight is 263 g/mol. The van der Waals surface area contributed by atoms with Crippen LogP contribution in [0.4, 0.5) is 0 Å². The highest BCUT2D eigenvalue weighted by atomic mass is 35.5. The lowest BCUT2D eigenvalue weighted by Crippen LogP contribution is -1.90. The minimum atomic E-state index is -0.218. The van der Waals surface area contributed by atoms with Crippen molar-refractivity contribution >= 4 is 17.1 Å². The molecule has 0 amide bonds. The molecule has 3 rings (SSSR count). The minimum absolute atomic E-state index is 0.218. The van der Waals surface area contributed by atoms with E-state index in [1.54, 1.807) is 10.7 Å². The van der Waals surface area contributed by atoms with Gasteiger partial charge in [0.1, 0.15) is 0 Å². The van der Waals surface area contributed by atoms with E-state index in [0.29, 0.717) is 11.7 Å². The Kier molecular flexibility index (Phi) is 2.76. The van der Waals surface area contributed by atoms with Crippen LogP contribution >= 0.6 is 11.6 Å². The maximum Gasteiger partial charge on any atom is 0.261 e. The molecule has 0 spiro atoms. The van der Waals surface area contributed by atoms with Crippen molar-refractivity contribution in [3.63, 3.8) is 0 Å². The standard InChI is InChI=1S/C12H11ClN4O/c1-2-9(13)11-15-12(18-16-11)8-7-14-17-6-4-3-5-10(8)17/h3-7,9H,2H2,1H3. The van der Waals surface area contributed by atoms with Crippen molar-refractivity contribution in [2.75, 3.05) is 0 Å². The maximum absolute atomic E-state index is 6.08. The largest absolute Gasteiger partial charge is 0.334 e. The number of fused-ring (bicyclic) bond motifs is 1. The SMILES string of the molecule is CCC(Cl)c1noc(-c2cnn3ccccc23)n1. The Hall–Kier alpha value is -1.88. The third kappa shape index (κ3) is 1.76. The number of halogens is 1. The fourth-order valence-corrected chi connectivity index (χ4v) is 1.84. The molecule has 0 N–H and O–H groups in total. The first-order chi connectivity index (χ1) is 8.79. The van der Waals surface area contributed by atoms with Crippen LogP contribution in [0.15, 0.2) is 35.1 Å². The van der Waals surface area contributed by atoms with Gasteiger partial charge in [-0.2, -0.15) is 10.1 Å². The van der Waals surface area contributed by atoms with E-state index < -0.39 is 0 Å². The van der Waals surface area contributed by atoms with Gasteiger partial charge in [0.25, 0.3) is 5.89 Å². The molecule has 3 aromatic heterocycles. The van der Waals surface area contributed by atoms with Crippen molar-refractivity contribution < 1.29 is 4.52 Å². The summed E-state index contributed by atoms with van der Waals surface area (Å²) in [6.45, 7) is 1.98. The van der Waals surface area contributed by atoms with Crippen LogP contribution in [0.3, 0.4) is 0 Å². The molecule has 3 heterocycles. The molecule has 6 heteroatoms. The topological polar surface area (TPSA) is 56.2 Å². The third-order valence-electron chi connectivity index (χ3n) is 2.74. The van der Waals surface area contributed by atoms with E-state index in [0.717, 1.165) is 17.5 Å². The van der Waals surface area contributed by atoms with Crippen molar-refractivity contribution in [3.8, 4) is 11.5 Å². The highest BCUT2D eigenvalue weighted by Crippen LogP contribution is 2.26. The summed E-state index contributed by atoms with van der Waals surface area (Å²) in [4.78, 5) is 4.31. The first-order valence-electron chi connectivity index (χ1n) is 5.70. The summed E-state index contributed by atoms with van der Waals surface area (Å²) in [5, 5.41) is 7.90. The first kappa shape index (κ1) is 11.2. The van der Waals surface area contributed by atoms with Crippen LogP contribution in [-0.2, 0) is 0 Å². The summed E-state index contributed by atoms with van der Waals surface area (Å²) in [7, 11) is 0. The van der Waals surface area contributed by atoms with Crippen molar-refractivity contribution in [3.05, 3.63) is 36.4 Å². The van der Waals surface area contributed by atoms with Crippen LogP contribution in [0.1, 0.15) is 24.5 Å². The van der Waals surface area contributed by atoms with Gasteiger partial charge in [0, 0.05) is 6.20 Å². The summed E-state index contributed by atoms with van der Waals surface area (Å²) in [5.41, 5.74) is 1.74. The Labute approximate surface area is 108 Å². The molecule has 92 valence electrons.